The molecule has 84 valence electrons. The molecule has 4 nitrogen and oxygen atoms in total. The number of carbonyl (C=O) groups excluding carboxylic acids is 1. The van der Waals surface area contributed by atoms with Gasteiger partial charge < -0.3 is 10.0 Å². The molecule has 0 radical (unpaired) electrons. The fraction of sp³-hybridized carbons (Fsp3) is 0.333. The second-order valence-electron chi connectivity index (χ2n) is 3.84. The van der Waals surface area contributed by atoms with E-state index in [1.807, 2.05) is 6.07 Å². The van der Waals surface area contributed by atoms with Gasteiger partial charge in [-0.3, -0.25) is 4.79 Å². The number of hydrogen-bond donors (Lipinski definition) is 1. The van der Waals surface area contributed by atoms with Crippen LogP contribution in [-0.2, 0) is 9.59 Å². The summed E-state index contributed by atoms with van der Waals surface area (Å²) in [5.74, 6) is -1.04. The highest BCUT2D eigenvalue weighted by Crippen LogP contribution is 2.25. The van der Waals surface area contributed by atoms with Crippen molar-refractivity contribution in [3.8, 4) is 0 Å². The van der Waals surface area contributed by atoms with Gasteiger partial charge in [0, 0.05) is 13.0 Å². The van der Waals surface area contributed by atoms with Crippen LogP contribution >= 0.6 is 0 Å². The Bertz CT molecular complexity index is 402. The van der Waals surface area contributed by atoms with Gasteiger partial charge in [0.15, 0.2) is 6.04 Å². The molecule has 0 bridgehead atoms. The number of carboxylic acid groups (broad SMARTS) is 1. The summed E-state index contributed by atoms with van der Waals surface area (Å²) in [6.07, 6.45) is 1.20. The molecule has 1 amide bonds. The third-order valence-corrected chi connectivity index (χ3v) is 2.77. The van der Waals surface area contributed by atoms with Gasteiger partial charge in [-0.2, -0.15) is 0 Å². The lowest BCUT2D eigenvalue weighted by molar-refractivity contribution is -0.148. The van der Waals surface area contributed by atoms with Crippen LogP contribution in [0.1, 0.15) is 24.4 Å². The average molecular weight is 219 g/mol. The molecular formula is C12H13NO3. The van der Waals surface area contributed by atoms with Crippen molar-refractivity contribution in [3.63, 3.8) is 0 Å². The number of carbonyl (C=O) groups is 2. The zero-order valence-electron chi connectivity index (χ0n) is 8.80. The minimum atomic E-state index is -0.971. The number of benzene rings is 1. The molecule has 0 aromatic heterocycles. The van der Waals surface area contributed by atoms with Gasteiger partial charge in [-0.05, 0) is 12.0 Å². The van der Waals surface area contributed by atoms with E-state index in [0.29, 0.717) is 18.5 Å². The largest absolute Gasteiger partial charge is 0.479 e. The van der Waals surface area contributed by atoms with Crippen molar-refractivity contribution < 1.29 is 14.7 Å². The number of amides is 1. The van der Waals surface area contributed by atoms with E-state index in [1.54, 1.807) is 24.3 Å². The Kier molecular flexibility index (Phi) is 2.90. The molecule has 1 aromatic carbocycles. The minimum absolute atomic E-state index is 0.0729. The van der Waals surface area contributed by atoms with Crippen LogP contribution in [0.3, 0.4) is 0 Å². The van der Waals surface area contributed by atoms with Crippen LogP contribution in [0.5, 0.6) is 0 Å². The van der Waals surface area contributed by atoms with E-state index >= 15 is 0 Å². The van der Waals surface area contributed by atoms with E-state index in [0.717, 1.165) is 6.42 Å². The standard InChI is InChI=1S/C12H13NO3/c14-10-7-4-8-13(10)11(12(15)16)9-5-2-1-3-6-9/h1-3,5-6,11H,4,7-8H2,(H,15,16)/t11-/m1/s1. The van der Waals surface area contributed by atoms with Gasteiger partial charge in [0.25, 0.3) is 0 Å². The lowest BCUT2D eigenvalue weighted by Gasteiger charge is -2.24. The maximum absolute atomic E-state index is 11.6. The van der Waals surface area contributed by atoms with Crippen LogP contribution in [0.25, 0.3) is 0 Å². The van der Waals surface area contributed by atoms with Crippen LogP contribution in [0, 0.1) is 0 Å². The number of carboxylic acids is 1. The van der Waals surface area contributed by atoms with Gasteiger partial charge >= 0.3 is 5.97 Å². The van der Waals surface area contributed by atoms with Crippen LogP contribution < -0.4 is 0 Å². The lowest BCUT2D eigenvalue weighted by Crippen LogP contribution is -2.34. The number of likely N-dealkylation sites (tertiary alicyclic amines) is 1. The lowest BCUT2D eigenvalue weighted by atomic mass is 10.1. The first kappa shape index (κ1) is 10.7. The van der Waals surface area contributed by atoms with Crippen LogP contribution in [0.2, 0.25) is 0 Å². The molecule has 1 heterocycles. The van der Waals surface area contributed by atoms with Crippen molar-refractivity contribution in [1.29, 1.82) is 0 Å². The Labute approximate surface area is 93.5 Å². The van der Waals surface area contributed by atoms with Gasteiger partial charge in [-0.15, -0.1) is 0 Å². The molecule has 0 saturated carbocycles. The van der Waals surface area contributed by atoms with Crippen molar-refractivity contribution in [1.82, 2.24) is 4.90 Å². The summed E-state index contributed by atoms with van der Waals surface area (Å²) < 4.78 is 0. The van der Waals surface area contributed by atoms with Crippen molar-refractivity contribution in [3.05, 3.63) is 35.9 Å². The Morgan fingerprint density at radius 3 is 2.50 bits per heavy atom. The van der Waals surface area contributed by atoms with E-state index < -0.39 is 12.0 Å². The normalized spacial score (nSPS) is 17.5. The molecule has 1 saturated heterocycles. The monoisotopic (exact) mass is 219 g/mol. The topological polar surface area (TPSA) is 57.6 Å². The van der Waals surface area contributed by atoms with E-state index in [1.165, 1.54) is 4.90 Å². The fourth-order valence-corrected chi connectivity index (χ4v) is 2.03. The van der Waals surface area contributed by atoms with Gasteiger partial charge in [-0.1, -0.05) is 30.3 Å². The quantitative estimate of drug-likeness (QED) is 0.836. The summed E-state index contributed by atoms with van der Waals surface area (Å²) in [7, 11) is 0. The first-order valence-electron chi connectivity index (χ1n) is 5.27. The van der Waals surface area contributed by atoms with Crippen molar-refractivity contribution in [2.24, 2.45) is 0 Å². The third kappa shape index (κ3) is 1.91. The second-order valence-corrected chi connectivity index (χ2v) is 3.84. The highest BCUT2D eigenvalue weighted by molar-refractivity contribution is 5.85. The molecule has 0 spiro atoms. The highest BCUT2D eigenvalue weighted by atomic mass is 16.4. The molecule has 0 unspecified atom stereocenters. The Morgan fingerprint density at radius 1 is 1.31 bits per heavy atom. The summed E-state index contributed by atoms with van der Waals surface area (Å²) in [4.78, 5) is 24.2. The smallest absolute Gasteiger partial charge is 0.331 e. The Morgan fingerprint density at radius 2 is 2.00 bits per heavy atom. The van der Waals surface area contributed by atoms with Crippen molar-refractivity contribution >= 4 is 11.9 Å². The predicted octanol–water partition coefficient (Wildman–Crippen LogP) is 1.43. The highest BCUT2D eigenvalue weighted by Gasteiger charge is 2.33. The molecule has 1 fully saturated rings. The number of hydrogen-bond acceptors (Lipinski definition) is 2. The fourth-order valence-electron chi connectivity index (χ4n) is 2.03. The minimum Gasteiger partial charge on any atom is -0.479 e. The zero-order chi connectivity index (χ0) is 11.5. The summed E-state index contributed by atoms with van der Waals surface area (Å²) in [6.45, 7) is 0.532. The number of rotatable bonds is 3. The molecule has 1 N–H and O–H groups in total. The first-order chi connectivity index (χ1) is 7.70. The molecule has 4 heteroatoms. The van der Waals surface area contributed by atoms with Gasteiger partial charge in [0.2, 0.25) is 5.91 Å². The summed E-state index contributed by atoms with van der Waals surface area (Å²) in [6, 6.07) is 8.04. The van der Waals surface area contributed by atoms with E-state index in [4.69, 9.17) is 0 Å². The third-order valence-electron chi connectivity index (χ3n) is 2.77. The molecular weight excluding hydrogens is 206 g/mol. The first-order valence-corrected chi connectivity index (χ1v) is 5.27. The summed E-state index contributed by atoms with van der Waals surface area (Å²) >= 11 is 0. The van der Waals surface area contributed by atoms with E-state index in [2.05, 4.69) is 0 Å². The van der Waals surface area contributed by atoms with Crippen molar-refractivity contribution in [2.75, 3.05) is 6.54 Å². The van der Waals surface area contributed by atoms with Crippen molar-refractivity contribution in [2.45, 2.75) is 18.9 Å². The predicted molar refractivity (Wildman–Crippen MR) is 57.8 cm³/mol. The molecule has 1 atom stereocenters. The van der Waals surface area contributed by atoms with Gasteiger partial charge in [0.1, 0.15) is 0 Å². The van der Waals surface area contributed by atoms with Crippen LogP contribution in [-0.4, -0.2) is 28.4 Å². The Hall–Kier alpha value is -1.84. The molecule has 1 aliphatic heterocycles. The van der Waals surface area contributed by atoms with E-state index in [-0.39, 0.29) is 5.91 Å². The maximum Gasteiger partial charge on any atom is 0.331 e. The molecule has 0 aliphatic carbocycles. The molecule has 16 heavy (non-hydrogen) atoms. The molecule has 2 rings (SSSR count). The Balaban J connectivity index is 2.31. The van der Waals surface area contributed by atoms with E-state index in [9.17, 15) is 14.7 Å². The van der Waals surface area contributed by atoms with Gasteiger partial charge in [0.05, 0.1) is 0 Å². The zero-order valence-corrected chi connectivity index (χ0v) is 8.80. The van der Waals surface area contributed by atoms with Gasteiger partial charge in [-0.25, -0.2) is 4.79 Å². The SMILES string of the molecule is O=C(O)[C@@H](c1ccccc1)N1CCCC1=O. The number of nitrogens with zero attached hydrogens (tertiary/aromatic N) is 1. The average Bonchev–Trinajstić information content (AvgIpc) is 2.66. The second kappa shape index (κ2) is 4.35. The van der Waals surface area contributed by atoms with Crippen LogP contribution in [0.15, 0.2) is 30.3 Å². The molecule has 1 aromatic rings. The maximum atomic E-state index is 11.6. The number of aliphatic carboxylic acids is 1. The van der Waals surface area contributed by atoms with Crippen LogP contribution in [0.4, 0.5) is 0 Å². The molecule has 1 aliphatic rings. The summed E-state index contributed by atoms with van der Waals surface area (Å²) in [5, 5.41) is 9.21. The summed E-state index contributed by atoms with van der Waals surface area (Å²) in [5.41, 5.74) is 0.658.